The third-order valence-corrected chi connectivity index (χ3v) is 7.28. The second-order valence-corrected chi connectivity index (χ2v) is 9.30. The zero-order valence-electron chi connectivity index (χ0n) is 16.6. The van der Waals surface area contributed by atoms with Crippen LogP contribution >= 0.6 is 11.3 Å². The molecule has 2 aliphatic rings. The summed E-state index contributed by atoms with van der Waals surface area (Å²) in [5, 5.41) is 15.6. The van der Waals surface area contributed by atoms with Crippen LogP contribution in [0.2, 0.25) is 0 Å². The molecule has 1 aliphatic heterocycles. The Balaban J connectivity index is 1.31. The van der Waals surface area contributed by atoms with E-state index in [1.807, 2.05) is 23.1 Å². The van der Waals surface area contributed by atoms with E-state index in [1.54, 1.807) is 11.3 Å². The van der Waals surface area contributed by atoms with Crippen LogP contribution in [-0.2, 0) is 19.4 Å². The molecule has 3 heterocycles. The highest BCUT2D eigenvalue weighted by molar-refractivity contribution is 7.15. The lowest BCUT2D eigenvalue weighted by Gasteiger charge is -2.36. The average molecular weight is 411 g/mol. The van der Waals surface area contributed by atoms with E-state index in [1.165, 1.54) is 5.56 Å². The van der Waals surface area contributed by atoms with Crippen LogP contribution in [0.15, 0.2) is 24.3 Å². The first-order valence-electron chi connectivity index (χ1n) is 10.4. The molecule has 152 valence electrons. The zero-order chi connectivity index (χ0) is 20.0. The highest BCUT2D eigenvalue weighted by Crippen LogP contribution is 2.34. The molecule has 3 N–H and O–H groups in total. The summed E-state index contributed by atoms with van der Waals surface area (Å²) in [5.41, 5.74) is 3.43. The van der Waals surface area contributed by atoms with Gasteiger partial charge in [-0.25, -0.2) is 4.98 Å². The van der Waals surface area contributed by atoms with Gasteiger partial charge in [0.05, 0.1) is 17.8 Å². The average Bonchev–Trinajstić information content (AvgIpc) is 3.33. The molecular formula is C22H26N4O2S. The molecule has 6 nitrogen and oxygen atoms in total. The van der Waals surface area contributed by atoms with Crippen molar-refractivity contribution >= 4 is 33.3 Å². The molecule has 1 fully saturated rings. The Labute approximate surface area is 174 Å². The van der Waals surface area contributed by atoms with Crippen LogP contribution in [0.3, 0.4) is 0 Å². The summed E-state index contributed by atoms with van der Waals surface area (Å²) in [6.07, 6.45) is 4.53. The number of aromatic amines is 1. The minimum absolute atomic E-state index is 0.0422. The lowest BCUT2D eigenvalue weighted by atomic mass is 9.80. The van der Waals surface area contributed by atoms with Crippen LogP contribution in [0, 0.1) is 0 Å². The fraction of sp³-hybridized carbons (Fsp3) is 0.455. The number of carbonyl (C=O) groups is 1. The first kappa shape index (κ1) is 18.6. The zero-order valence-corrected chi connectivity index (χ0v) is 17.4. The number of aliphatic hydroxyl groups is 1. The van der Waals surface area contributed by atoms with E-state index in [4.69, 9.17) is 0 Å². The first-order valence-corrected chi connectivity index (χ1v) is 11.2. The Morgan fingerprint density at radius 3 is 3.03 bits per heavy atom. The molecule has 1 aliphatic carbocycles. The molecule has 29 heavy (non-hydrogen) atoms. The first-order chi connectivity index (χ1) is 14.0. The van der Waals surface area contributed by atoms with Crippen LogP contribution < -0.4 is 5.32 Å². The maximum atomic E-state index is 13.1. The van der Waals surface area contributed by atoms with Crippen molar-refractivity contribution in [1.82, 2.24) is 14.9 Å². The van der Waals surface area contributed by atoms with Crippen molar-refractivity contribution in [2.45, 2.75) is 51.2 Å². The normalized spacial score (nSPS) is 17.8. The van der Waals surface area contributed by atoms with Crippen molar-refractivity contribution in [2.24, 2.45) is 0 Å². The highest BCUT2D eigenvalue weighted by atomic mass is 32.1. The standard InChI is InChI=1S/C22H26N4O2S/c1-2-14-5-3-6-16-15(14)11-18(24-16)20(27)26-10-7-17-19(12-26)29-21(25-17)23-13-22(28)8-4-9-22/h3,5-6,11,24,28H,2,4,7-10,12-13H2,1H3,(H,23,25). The topological polar surface area (TPSA) is 81.2 Å². The Bertz CT molecular complexity index is 1070. The summed E-state index contributed by atoms with van der Waals surface area (Å²) in [6.45, 7) is 3.95. The highest BCUT2D eigenvalue weighted by Gasteiger charge is 2.34. The number of amides is 1. The Morgan fingerprint density at radius 2 is 2.28 bits per heavy atom. The van der Waals surface area contributed by atoms with Gasteiger partial charge in [0.2, 0.25) is 0 Å². The van der Waals surface area contributed by atoms with E-state index in [9.17, 15) is 9.90 Å². The molecule has 0 spiro atoms. The molecule has 0 unspecified atom stereocenters. The van der Waals surface area contributed by atoms with Crippen molar-refractivity contribution in [3.05, 3.63) is 46.1 Å². The second-order valence-electron chi connectivity index (χ2n) is 8.21. The van der Waals surface area contributed by atoms with Gasteiger partial charge >= 0.3 is 0 Å². The van der Waals surface area contributed by atoms with Crippen molar-refractivity contribution in [3.63, 3.8) is 0 Å². The third-order valence-electron chi connectivity index (χ3n) is 6.24. The lowest BCUT2D eigenvalue weighted by Crippen LogP contribution is -2.43. The number of aryl methyl sites for hydroxylation is 1. The van der Waals surface area contributed by atoms with Crippen LogP contribution in [-0.4, -0.2) is 44.6 Å². The Hall–Kier alpha value is -2.38. The molecule has 5 rings (SSSR count). The number of benzene rings is 1. The number of rotatable bonds is 5. The van der Waals surface area contributed by atoms with E-state index in [0.29, 0.717) is 25.3 Å². The summed E-state index contributed by atoms with van der Waals surface area (Å²) in [7, 11) is 0. The van der Waals surface area contributed by atoms with E-state index in [2.05, 4.69) is 28.3 Å². The van der Waals surface area contributed by atoms with Gasteiger partial charge in [0.25, 0.3) is 5.91 Å². The fourth-order valence-corrected chi connectivity index (χ4v) is 5.28. The molecule has 1 aromatic carbocycles. The smallest absolute Gasteiger partial charge is 0.270 e. The number of hydrogen-bond donors (Lipinski definition) is 3. The van der Waals surface area contributed by atoms with E-state index < -0.39 is 5.60 Å². The van der Waals surface area contributed by atoms with Gasteiger partial charge in [-0.15, -0.1) is 0 Å². The van der Waals surface area contributed by atoms with Crippen molar-refractivity contribution in [3.8, 4) is 0 Å². The van der Waals surface area contributed by atoms with Gasteiger partial charge in [-0.2, -0.15) is 0 Å². The predicted octanol–water partition coefficient (Wildman–Crippen LogP) is 3.71. The molecule has 3 aromatic rings. The number of thiazole rings is 1. The molecule has 0 bridgehead atoms. The van der Waals surface area contributed by atoms with E-state index in [0.717, 1.165) is 58.7 Å². The molecular weight excluding hydrogens is 384 g/mol. The number of anilines is 1. The minimum atomic E-state index is -0.568. The molecule has 0 saturated heterocycles. The molecule has 1 saturated carbocycles. The number of H-pyrrole nitrogens is 1. The van der Waals surface area contributed by atoms with Crippen LogP contribution in [0.1, 0.15) is 52.8 Å². The van der Waals surface area contributed by atoms with Gasteiger partial charge in [0.15, 0.2) is 5.13 Å². The maximum absolute atomic E-state index is 13.1. The van der Waals surface area contributed by atoms with Crippen molar-refractivity contribution in [2.75, 3.05) is 18.4 Å². The van der Waals surface area contributed by atoms with Gasteiger partial charge in [0.1, 0.15) is 5.69 Å². The van der Waals surface area contributed by atoms with Gasteiger partial charge < -0.3 is 20.3 Å². The van der Waals surface area contributed by atoms with Crippen molar-refractivity contribution in [1.29, 1.82) is 0 Å². The number of hydrogen-bond acceptors (Lipinski definition) is 5. The number of nitrogens with one attached hydrogen (secondary N) is 2. The molecule has 0 atom stereocenters. The van der Waals surface area contributed by atoms with Gasteiger partial charge in [-0.05, 0) is 43.4 Å². The lowest BCUT2D eigenvalue weighted by molar-refractivity contribution is -0.0202. The number of aromatic nitrogens is 2. The molecule has 7 heteroatoms. The number of fused-ring (bicyclic) bond motifs is 2. The Kier molecular flexibility index (Phi) is 4.59. The number of nitrogens with zero attached hydrogens (tertiary/aromatic N) is 2. The van der Waals surface area contributed by atoms with Gasteiger partial charge in [-0.3, -0.25) is 4.79 Å². The van der Waals surface area contributed by atoms with Crippen LogP contribution in [0.5, 0.6) is 0 Å². The third kappa shape index (κ3) is 3.42. The molecule has 1 amide bonds. The quantitative estimate of drug-likeness (QED) is 0.599. The summed E-state index contributed by atoms with van der Waals surface area (Å²) >= 11 is 1.60. The predicted molar refractivity (Wildman–Crippen MR) is 116 cm³/mol. The largest absolute Gasteiger partial charge is 0.388 e. The minimum Gasteiger partial charge on any atom is -0.388 e. The molecule has 0 radical (unpaired) electrons. The van der Waals surface area contributed by atoms with Crippen molar-refractivity contribution < 1.29 is 9.90 Å². The summed E-state index contributed by atoms with van der Waals surface area (Å²) in [6, 6.07) is 8.16. The van der Waals surface area contributed by atoms with E-state index >= 15 is 0 Å². The van der Waals surface area contributed by atoms with E-state index in [-0.39, 0.29) is 5.91 Å². The molecule has 2 aromatic heterocycles. The van der Waals surface area contributed by atoms with Gasteiger partial charge in [0, 0.05) is 35.3 Å². The second kappa shape index (κ2) is 7.15. The number of carbonyl (C=O) groups excluding carboxylic acids is 1. The fourth-order valence-electron chi connectivity index (χ4n) is 4.26. The monoisotopic (exact) mass is 410 g/mol. The van der Waals surface area contributed by atoms with Crippen LogP contribution in [0.4, 0.5) is 5.13 Å². The Morgan fingerprint density at radius 1 is 1.41 bits per heavy atom. The maximum Gasteiger partial charge on any atom is 0.270 e. The summed E-state index contributed by atoms with van der Waals surface area (Å²) in [4.78, 5) is 24.1. The summed E-state index contributed by atoms with van der Waals surface area (Å²) in [5.74, 6) is 0.0422. The van der Waals surface area contributed by atoms with Crippen LogP contribution in [0.25, 0.3) is 10.9 Å². The SMILES string of the molecule is CCc1cccc2[nH]c(C(=O)N3CCc4nc(NCC5(O)CCC5)sc4C3)cc12. The summed E-state index contributed by atoms with van der Waals surface area (Å²) < 4.78 is 0. The van der Waals surface area contributed by atoms with Gasteiger partial charge in [-0.1, -0.05) is 30.4 Å².